The third kappa shape index (κ3) is 3.45. The van der Waals surface area contributed by atoms with Crippen LogP contribution in [-0.4, -0.2) is 66.5 Å². The maximum absolute atomic E-state index is 12.4. The minimum Gasteiger partial charge on any atom is -0.346 e. The monoisotopic (exact) mass is 372 g/mol. The van der Waals surface area contributed by atoms with E-state index in [4.69, 9.17) is 4.98 Å². The molecule has 140 valence electrons. The number of nitrogens with zero attached hydrogens (tertiary/aromatic N) is 4. The minimum absolute atomic E-state index is 0.0793. The van der Waals surface area contributed by atoms with Gasteiger partial charge in [-0.25, -0.2) is 4.98 Å². The number of piperidine rings is 1. The number of hydrogen-bond donors (Lipinski definition) is 0. The van der Waals surface area contributed by atoms with Crippen molar-refractivity contribution in [1.82, 2.24) is 14.8 Å². The number of hydrogen-bond acceptors (Lipinski definition) is 5. The number of anilines is 1. The molecular weight excluding hydrogens is 344 g/mol. The first-order valence-electron chi connectivity index (χ1n) is 9.80. The Balaban J connectivity index is 1.50. The molecule has 2 saturated heterocycles. The number of fused-ring (bicyclic) bond motifs is 1. The Kier molecular flexibility index (Phi) is 5.14. The van der Waals surface area contributed by atoms with Crippen LogP contribution in [0.4, 0.5) is 5.13 Å². The highest BCUT2D eigenvalue weighted by atomic mass is 32.1. The second kappa shape index (κ2) is 7.53. The fourth-order valence-electron chi connectivity index (χ4n) is 4.04. The lowest BCUT2D eigenvalue weighted by molar-refractivity contribution is 0.0802. The summed E-state index contributed by atoms with van der Waals surface area (Å²) in [6.07, 6.45) is 5.32. The zero-order valence-corrected chi connectivity index (χ0v) is 16.6. The molecule has 0 saturated carbocycles. The molecule has 3 heterocycles. The minimum atomic E-state index is 0.0793. The van der Waals surface area contributed by atoms with Crippen LogP contribution in [0, 0.1) is 0 Å². The topological polar surface area (TPSA) is 39.7 Å². The lowest BCUT2D eigenvalue weighted by Gasteiger charge is -2.32. The summed E-state index contributed by atoms with van der Waals surface area (Å²) in [7, 11) is 1.84. The van der Waals surface area contributed by atoms with E-state index in [2.05, 4.69) is 9.80 Å². The van der Waals surface area contributed by atoms with Crippen molar-refractivity contribution in [3.63, 3.8) is 0 Å². The molecule has 0 N–H and O–H groups in total. The van der Waals surface area contributed by atoms with E-state index in [-0.39, 0.29) is 5.91 Å². The third-order valence-electron chi connectivity index (χ3n) is 5.79. The van der Waals surface area contributed by atoms with Gasteiger partial charge in [-0.2, -0.15) is 0 Å². The van der Waals surface area contributed by atoms with Gasteiger partial charge < -0.3 is 9.80 Å². The maximum atomic E-state index is 12.4. The molecule has 1 atom stereocenters. The number of rotatable bonds is 4. The van der Waals surface area contributed by atoms with E-state index in [0.29, 0.717) is 6.04 Å². The molecule has 1 aromatic heterocycles. The molecule has 4 rings (SSSR count). The molecular formula is C20H28N4OS. The molecule has 6 heteroatoms. The first kappa shape index (κ1) is 17.7. The summed E-state index contributed by atoms with van der Waals surface area (Å²) in [5, 5.41) is 1.10. The highest BCUT2D eigenvalue weighted by Crippen LogP contribution is 2.33. The van der Waals surface area contributed by atoms with Crippen molar-refractivity contribution in [2.24, 2.45) is 0 Å². The Hall–Kier alpha value is -1.66. The van der Waals surface area contributed by atoms with Crippen LogP contribution in [0.1, 0.15) is 43.0 Å². The van der Waals surface area contributed by atoms with E-state index in [1.165, 1.54) is 38.8 Å². The fraction of sp³-hybridized carbons (Fsp3) is 0.600. The number of amides is 1. The number of benzene rings is 1. The van der Waals surface area contributed by atoms with Gasteiger partial charge in [-0.15, -0.1) is 0 Å². The van der Waals surface area contributed by atoms with E-state index in [1.54, 1.807) is 16.2 Å². The quantitative estimate of drug-likeness (QED) is 0.824. The number of carbonyl (C=O) groups is 1. The lowest BCUT2D eigenvalue weighted by Crippen LogP contribution is -2.40. The van der Waals surface area contributed by atoms with Crippen LogP contribution in [0.3, 0.4) is 0 Å². The molecule has 1 amide bonds. The van der Waals surface area contributed by atoms with Crippen molar-refractivity contribution in [2.75, 3.05) is 44.7 Å². The van der Waals surface area contributed by atoms with Gasteiger partial charge in [0.05, 0.1) is 10.2 Å². The molecule has 0 aliphatic carbocycles. The van der Waals surface area contributed by atoms with Gasteiger partial charge in [-0.3, -0.25) is 9.69 Å². The van der Waals surface area contributed by atoms with Gasteiger partial charge in [0, 0.05) is 38.3 Å². The lowest BCUT2D eigenvalue weighted by atomic mass is 10.1. The number of likely N-dealkylation sites (tertiary alicyclic amines) is 1. The van der Waals surface area contributed by atoms with E-state index in [0.717, 1.165) is 40.5 Å². The molecule has 1 aromatic carbocycles. The molecule has 2 aliphatic rings. The maximum Gasteiger partial charge on any atom is 0.253 e. The highest BCUT2D eigenvalue weighted by molar-refractivity contribution is 7.22. The molecule has 2 aliphatic heterocycles. The van der Waals surface area contributed by atoms with Crippen LogP contribution in [0.2, 0.25) is 0 Å². The number of aromatic nitrogens is 1. The van der Waals surface area contributed by atoms with Gasteiger partial charge in [-0.1, -0.05) is 17.8 Å². The van der Waals surface area contributed by atoms with Gasteiger partial charge in [0.15, 0.2) is 5.13 Å². The SMILES string of the molecule is CCN(C)C(=O)c1ccc2nc(N3CCC(N4CCCCC4)C3)sc2c1. The van der Waals surface area contributed by atoms with Gasteiger partial charge in [0.2, 0.25) is 0 Å². The number of thiazole rings is 1. The average molecular weight is 373 g/mol. The molecule has 0 bridgehead atoms. The summed E-state index contributed by atoms with van der Waals surface area (Å²) in [5.74, 6) is 0.0793. The Morgan fingerprint density at radius 2 is 2.08 bits per heavy atom. The third-order valence-corrected chi connectivity index (χ3v) is 6.87. The van der Waals surface area contributed by atoms with Crippen molar-refractivity contribution in [3.8, 4) is 0 Å². The highest BCUT2D eigenvalue weighted by Gasteiger charge is 2.30. The second-order valence-corrected chi connectivity index (χ2v) is 8.49. The summed E-state index contributed by atoms with van der Waals surface area (Å²) in [4.78, 5) is 24.1. The van der Waals surface area contributed by atoms with E-state index < -0.39 is 0 Å². The molecule has 0 radical (unpaired) electrons. The molecule has 0 spiro atoms. The predicted molar refractivity (Wildman–Crippen MR) is 108 cm³/mol. The normalized spacial score (nSPS) is 21.5. The Morgan fingerprint density at radius 3 is 2.85 bits per heavy atom. The van der Waals surface area contributed by atoms with Crippen LogP contribution in [0.5, 0.6) is 0 Å². The first-order valence-corrected chi connectivity index (χ1v) is 10.6. The summed E-state index contributed by atoms with van der Waals surface area (Å²) < 4.78 is 1.11. The standard InChI is InChI=1S/C20H28N4OS/c1-3-22(2)19(25)15-7-8-17-18(13-15)26-20(21-17)24-12-9-16(14-24)23-10-5-4-6-11-23/h7-8,13,16H,3-6,9-12,14H2,1-2H3. The summed E-state index contributed by atoms with van der Waals surface area (Å²) in [6.45, 7) is 7.41. The molecule has 2 aromatic rings. The van der Waals surface area contributed by atoms with Crippen molar-refractivity contribution in [1.29, 1.82) is 0 Å². The van der Waals surface area contributed by atoms with Crippen molar-refractivity contribution >= 4 is 32.6 Å². The van der Waals surface area contributed by atoms with Crippen LogP contribution < -0.4 is 4.90 Å². The summed E-state index contributed by atoms with van der Waals surface area (Å²) in [6, 6.07) is 6.58. The Labute approximate surface area is 159 Å². The average Bonchev–Trinajstić information content (AvgIpc) is 3.33. The zero-order chi connectivity index (χ0) is 18.1. The van der Waals surface area contributed by atoms with Crippen molar-refractivity contribution < 1.29 is 4.79 Å². The van der Waals surface area contributed by atoms with E-state index in [1.807, 2.05) is 32.2 Å². The Bertz CT molecular complexity index is 783. The van der Waals surface area contributed by atoms with Crippen LogP contribution >= 0.6 is 11.3 Å². The van der Waals surface area contributed by atoms with Gasteiger partial charge in [-0.05, 0) is 57.5 Å². The number of carbonyl (C=O) groups excluding carboxylic acids is 1. The van der Waals surface area contributed by atoms with Crippen molar-refractivity contribution in [2.45, 2.75) is 38.6 Å². The molecule has 5 nitrogen and oxygen atoms in total. The smallest absolute Gasteiger partial charge is 0.253 e. The molecule has 26 heavy (non-hydrogen) atoms. The van der Waals surface area contributed by atoms with Crippen LogP contribution in [-0.2, 0) is 0 Å². The largest absolute Gasteiger partial charge is 0.346 e. The van der Waals surface area contributed by atoms with Gasteiger partial charge in [0.1, 0.15) is 0 Å². The summed E-state index contributed by atoms with van der Waals surface area (Å²) >= 11 is 1.72. The second-order valence-electron chi connectivity index (χ2n) is 7.48. The van der Waals surface area contributed by atoms with Crippen molar-refractivity contribution in [3.05, 3.63) is 23.8 Å². The summed E-state index contributed by atoms with van der Waals surface area (Å²) in [5.41, 5.74) is 1.76. The van der Waals surface area contributed by atoms with Crippen LogP contribution in [0.15, 0.2) is 18.2 Å². The Morgan fingerprint density at radius 1 is 1.27 bits per heavy atom. The van der Waals surface area contributed by atoms with E-state index in [9.17, 15) is 4.79 Å². The van der Waals surface area contributed by atoms with Gasteiger partial charge in [0.25, 0.3) is 5.91 Å². The molecule has 1 unspecified atom stereocenters. The predicted octanol–water partition coefficient (Wildman–Crippen LogP) is 3.45. The van der Waals surface area contributed by atoms with Gasteiger partial charge >= 0.3 is 0 Å². The zero-order valence-electron chi connectivity index (χ0n) is 15.8. The first-order chi connectivity index (χ1) is 12.7. The van der Waals surface area contributed by atoms with E-state index >= 15 is 0 Å². The van der Waals surface area contributed by atoms with Crippen LogP contribution in [0.25, 0.3) is 10.2 Å². The fourth-order valence-corrected chi connectivity index (χ4v) is 5.08. The molecule has 2 fully saturated rings.